The predicted octanol–water partition coefficient (Wildman–Crippen LogP) is 1.10. The van der Waals surface area contributed by atoms with Crippen LogP contribution in [0.3, 0.4) is 0 Å². The monoisotopic (exact) mass is 343 g/mol. The van der Waals surface area contributed by atoms with E-state index in [1.165, 1.54) is 18.4 Å². The number of nitrogens with one attached hydrogen (secondary N) is 1. The fraction of sp³-hybridized carbons (Fsp3) is 0.556. The average molecular weight is 344 g/mol. The predicted molar refractivity (Wildman–Crippen MR) is 69.8 cm³/mol. The Morgan fingerprint density at radius 3 is 2.76 bits per heavy atom. The summed E-state index contributed by atoms with van der Waals surface area (Å²) >= 11 is 4.59. The van der Waals surface area contributed by atoms with Gasteiger partial charge in [0.1, 0.15) is 0 Å². The fourth-order valence-electron chi connectivity index (χ4n) is 1.23. The topological polar surface area (TPSA) is 75.6 Å². The lowest BCUT2D eigenvalue weighted by molar-refractivity contribution is 0.0679. The van der Waals surface area contributed by atoms with Gasteiger partial charge in [0.15, 0.2) is 0 Å². The second kappa shape index (κ2) is 6.26. The van der Waals surface area contributed by atoms with Crippen LogP contribution in [-0.2, 0) is 14.8 Å². The first-order chi connectivity index (χ1) is 7.86. The molecule has 0 aliphatic carbocycles. The van der Waals surface area contributed by atoms with Crippen molar-refractivity contribution < 1.29 is 18.3 Å². The van der Waals surface area contributed by atoms with Gasteiger partial charge in [0.05, 0.1) is 21.4 Å². The van der Waals surface area contributed by atoms with Gasteiger partial charge >= 0.3 is 0 Å². The quantitative estimate of drug-likeness (QED) is 0.811. The largest absolute Gasteiger partial charge is 0.389 e. The van der Waals surface area contributed by atoms with E-state index in [1.54, 1.807) is 13.0 Å². The van der Waals surface area contributed by atoms with Crippen LogP contribution >= 0.6 is 27.3 Å². The molecule has 1 aromatic rings. The molecule has 0 aliphatic rings. The molecule has 98 valence electrons. The minimum absolute atomic E-state index is 0.0664. The molecule has 0 spiro atoms. The molecule has 0 amide bonds. The standard InChI is InChI=1S/C9H14BrNO4S2/c1-6-8(3-9(10)16-6)17(13,14)11-4-7(12)5-15-2/h3,7,11-12H,4-5H2,1-2H3. The molecule has 0 saturated carbocycles. The molecular formula is C9H14BrNO4S2. The summed E-state index contributed by atoms with van der Waals surface area (Å²) in [6.45, 7) is 1.76. The molecule has 17 heavy (non-hydrogen) atoms. The van der Waals surface area contributed by atoms with Crippen LogP contribution in [0.1, 0.15) is 4.88 Å². The van der Waals surface area contributed by atoms with Crippen LogP contribution in [0.2, 0.25) is 0 Å². The first-order valence-electron chi connectivity index (χ1n) is 4.79. The Bertz CT molecular complexity index is 471. The number of sulfonamides is 1. The summed E-state index contributed by atoms with van der Waals surface area (Å²) in [5.74, 6) is 0. The molecule has 8 heteroatoms. The molecular weight excluding hydrogens is 330 g/mol. The number of hydrogen-bond acceptors (Lipinski definition) is 5. The van der Waals surface area contributed by atoms with Crippen LogP contribution < -0.4 is 4.72 Å². The van der Waals surface area contributed by atoms with Gasteiger partial charge in [0.25, 0.3) is 0 Å². The van der Waals surface area contributed by atoms with Crippen molar-refractivity contribution in [3.8, 4) is 0 Å². The van der Waals surface area contributed by atoms with Crippen LogP contribution in [0, 0.1) is 6.92 Å². The Hall–Kier alpha value is 0.01000. The number of hydrogen-bond donors (Lipinski definition) is 2. The minimum atomic E-state index is -3.57. The van der Waals surface area contributed by atoms with Crippen LogP contribution in [0.25, 0.3) is 0 Å². The highest BCUT2D eigenvalue weighted by atomic mass is 79.9. The summed E-state index contributed by atoms with van der Waals surface area (Å²) in [6.07, 6.45) is -0.850. The fourth-order valence-corrected chi connectivity index (χ4v) is 4.72. The maximum absolute atomic E-state index is 11.9. The second-order valence-corrected chi connectivity index (χ2v) is 7.80. The summed E-state index contributed by atoms with van der Waals surface area (Å²) in [5, 5.41) is 9.38. The lowest BCUT2D eigenvalue weighted by Gasteiger charge is -2.10. The number of thiophene rings is 1. The Morgan fingerprint density at radius 2 is 2.29 bits per heavy atom. The summed E-state index contributed by atoms with van der Waals surface area (Å²) in [6, 6.07) is 1.55. The molecule has 0 aromatic carbocycles. The van der Waals surface area contributed by atoms with Gasteiger partial charge in [-0.3, -0.25) is 0 Å². The highest BCUT2D eigenvalue weighted by Gasteiger charge is 2.20. The SMILES string of the molecule is COCC(O)CNS(=O)(=O)c1cc(Br)sc1C. The van der Waals surface area contributed by atoms with Crippen LogP contribution in [0.15, 0.2) is 14.7 Å². The summed E-state index contributed by atoms with van der Waals surface area (Å²) in [4.78, 5) is 0.935. The zero-order valence-corrected chi connectivity index (χ0v) is 12.7. The lowest BCUT2D eigenvalue weighted by atomic mass is 10.4. The van der Waals surface area contributed by atoms with Gasteiger partial charge < -0.3 is 9.84 Å². The van der Waals surface area contributed by atoms with E-state index in [0.717, 1.165) is 3.79 Å². The van der Waals surface area contributed by atoms with Crippen molar-refractivity contribution in [1.29, 1.82) is 0 Å². The molecule has 0 aliphatic heterocycles. The molecule has 0 fully saturated rings. The lowest BCUT2D eigenvalue weighted by Crippen LogP contribution is -2.34. The number of methoxy groups -OCH3 is 1. The van der Waals surface area contributed by atoms with Crippen molar-refractivity contribution in [3.05, 3.63) is 14.7 Å². The van der Waals surface area contributed by atoms with Crippen molar-refractivity contribution in [2.45, 2.75) is 17.9 Å². The molecule has 1 unspecified atom stereocenters. The molecule has 1 atom stereocenters. The van der Waals surface area contributed by atoms with E-state index < -0.39 is 16.1 Å². The van der Waals surface area contributed by atoms with Gasteiger partial charge in [-0.2, -0.15) is 0 Å². The smallest absolute Gasteiger partial charge is 0.241 e. The van der Waals surface area contributed by atoms with E-state index in [2.05, 4.69) is 20.7 Å². The molecule has 1 heterocycles. The minimum Gasteiger partial charge on any atom is -0.389 e. The molecule has 1 aromatic heterocycles. The first-order valence-corrected chi connectivity index (χ1v) is 7.88. The van der Waals surface area contributed by atoms with Crippen molar-refractivity contribution >= 4 is 37.3 Å². The van der Waals surface area contributed by atoms with E-state index in [0.29, 0.717) is 4.88 Å². The third-order valence-corrected chi connectivity index (χ3v) is 5.23. The second-order valence-electron chi connectivity index (χ2n) is 3.43. The van der Waals surface area contributed by atoms with Gasteiger partial charge in [-0.1, -0.05) is 0 Å². The average Bonchev–Trinajstić information content (AvgIpc) is 2.56. The normalized spacial score (nSPS) is 13.9. The van der Waals surface area contributed by atoms with Gasteiger partial charge in [-0.15, -0.1) is 11.3 Å². The summed E-state index contributed by atoms with van der Waals surface area (Å²) < 4.78 is 31.6. The Morgan fingerprint density at radius 1 is 1.65 bits per heavy atom. The van der Waals surface area contributed by atoms with E-state index in [-0.39, 0.29) is 18.0 Å². The maximum atomic E-state index is 11.9. The maximum Gasteiger partial charge on any atom is 0.241 e. The molecule has 2 N–H and O–H groups in total. The summed E-state index contributed by atoms with van der Waals surface area (Å²) in [5.41, 5.74) is 0. The third-order valence-electron chi connectivity index (χ3n) is 2.00. The van der Waals surface area contributed by atoms with Gasteiger partial charge in [-0.05, 0) is 28.9 Å². The Balaban J connectivity index is 2.73. The number of aliphatic hydroxyl groups excluding tert-OH is 1. The third kappa shape index (κ3) is 4.31. The van der Waals surface area contributed by atoms with Crippen molar-refractivity contribution in [1.82, 2.24) is 4.72 Å². The van der Waals surface area contributed by atoms with E-state index in [4.69, 9.17) is 4.74 Å². The Labute approximate surface area is 113 Å². The number of halogens is 1. The van der Waals surface area contributed by atoms with E-state index in [9.17, 15) is 13.5 Å². The molecule has 1 rings (SSSR count). The van der Waals surface area contributed by atoms with Crippen molar-refractivity contribution in [2.75, 3.05) is 20.3 Å². The summed E-state index contributed by atoms with van der Waals surface area (Å²) in [7, 11) is -2.13. The zero-order valence-electron chi connectivity index (χ0n) is 9.44. The first kappa shape index (κ1) is 15.1. The number of aliphatic hydroxyl groups is 1. The van der Waals surface area contributed by atoms with Gasteiger partial charge in [-0.25, -0.2) is 13.1 Å². The Kier molecular flexibility index (Phi) is 5.55. The molecule has 0 bridgehead atoms. The molecule has 0 radical (unpaired) electrons. The molecule has 0 saturated heterocycles. The van der Waals surface area contributed by atoms with E-state index >= 15 is 0 Å². The van der Waals surface area contributed by atoms with Gasteiger partial charge in [0.2, 0.25) is 10.0 Å². The highest BCUT2D eigenvalue weighted by molar-refractivity contribution is 9.11. The van der Waals surface area contributed by atoms with Crippen molar-refractivity contribution in [2.24, 2.45) is 0 Å². The van der Waals surface area contributed by atoms with E-state index in [1.807, 2.05) is 0 Å². The number of ether oxygens (including phenoxy) is 1. The number of aryl methyl sites for hydroxylation is 1. The van der Waals surface area contributed by atoms with Crippen LogP contribution in [0.4, 0.5) is 0 Å². The zero-order chi connectivity index (χ0) is 13.1. The van der Waals surface area contributed by atoms with Gasteiger partial charge in [0, 0.05) is 18.5 Å². The van der Waals surface area contributed by atoms with Crippen LogP contribution in [0.5, 0.6) is 0 Å². The highest BCUT2D eigenvalue weighted by Crippen LogP contribution is 2.29. The van der Waals surface area contributed by atoms with Crippen molar-refractivity contribution in [3.63, 3.8) is 0 Å². The van der Waals surface area contributed by atoms with Crippen LogP contribution in [-0.4, -0.2) is 39.9 Å². The number of rotatable bonds is 6. The molecule has 5 nitrogen and oxygen atoms in total.